The van der Waals surface area contributed by atoms with Crippen molar-refractivity contribution in [2.24, 2.45) is 0 Å². The minimum absolute atomic E-state index is 0. The van der Waals surface area contributed by atoms with E-state index in [2.05, 4.69) is 26.0 Å². The molecule has 0 amide bonds. The molecule has 0 aliphatic carbocycles. The molecule has 0 aromatic heterocycles. The first-order valence-corrected chi connectivity index (χ1v) is 18.4. The van der Waals surface area contributed by atoms with Gasteiger partial charge < -0.3 is 4.55 Å². The molecule has 0 fully saturated rings. The van der Waals surface area contributed by atoms with Gasteiger partial charge in [-0.3, -0.25) is 0 Å². The zero-order valence-corrected chi connectivity index (χ0v) is 30.9. The molecule has 3 nitrogen and oxygen atoms in total. The number of unbranched alkanes of at least 4 members (excludes halogenated alkanes) is 20. The minimum Gasteiger partial charge on any atom is -0.744 e. The zero-order valence-electron chi connectivity index (χ0n) is 27.0. The number of fused-ring (bicyclic) bond motifs is 1. The molecule has 0 heterocycles. The van der Waals surface area contributed by atoms with Gasteiger partial charge >= 0.3 is 51.4 Å². The maximum Gasteiger partial charge on any atom is 1.00 e. The number of hydrogen-bond acceptors (Lipinski definition) is 3. The summed E-state index contributed by atoms with van der Waals surface area (Å²) >= 11 is 0. The van der Waals surface area contributed by atoms with E-state index in [4.69, 9.17) is 0 Å². The first-order chi connectivity index (χ1) is 19.5. The third kappa shape index (κ3) is 18.0. The van der Waals surface area contributed by atoms with Gasteiger partial charge in [-0.05, 0) is 59.7 Å². The molecule has 0 radical (unpaired) electrons. The van der Waals surface area contributed by atoms with Crippen LogP contribution in [0, 0.1) is 0 Å². The van der Waals surface area contributed by atoms with Crippen LogP contribution in [0.1, 0.15) is 166 Å². The Balaban J connectivity index is 0.00000840. The van der Waals surface area contributed by atoms with Gasteiger partial charge in [-0.2, -0.15) is 0 Å². The van der Waals surface area contributed by atoms with Gasteiger partial charge in [0, 0.05) is 0 Å². The quantitative estimate of drug-likeness (QED) is 0.0644. The summed E-state index contributed by atoms with van der Waals surface area (Å²) in [7, 11) is -4.46. The van der Waals surface area contributed by atoms with Crippen molar-refractivity contribution in [1.29, 1.82) is 0 Å². The smallest absolute Gasteiger partial charge is 0.744 e. The van der Waals surface area contributed by atoms with Crippen molar-refractivity contribution in [3.05, 3.63) is 41.5 Å². The number of rotatable bonds is 25. The summed E-state index contributed by atoms with van der Waals surface area (Å²) in [6, 6.07) is 9.59. The van der Waals surface area contributed by atoms with Crippen LogP contribution in [0.4, 0.5) is 0 Å². The van der Waals surface area contributed by atoms with Crippen LogP contribution in [-0.2, 0) is 23.0 Å². The van der Waals surface area contributed by atoms with E-state index in [-0.39, 0.29) is 56.3 Å². The Morgan fingerprint density at radius 3 is 1.39 bits per heavy atom. The van der Waals surface area contributed by atoms with Crippen molar-refractivity contribution in [2.75, 3.05) is 0 Å². The minimum atomic E-state index is -4.46. The summed E-state index contributed by atoms with van der Waals surface area (Å²) in [5.74, 6) is 0. The van der Waals surface area contributed by atoms with Crippen LogP contribution in [0.3, 0.4) is 0 Å². The van der Waals surface area contributed by atoms with Crippen molar-refractivity contribution in [3.8, 4) is 0 Å². The first-order valence-electron chi connectivity index (χ1n) is 17.0. The van der Waals surface area contributed by atoms with Gasteiger partial charge in [0.25, 0.3) is 0 Å². The zero-order chi connectivity index (χ0) is 28.9. The number of benzene rings is 2. The third-order valence-electron chi connectivity index (χ3n) is 8.49. The molecular weight excluding hydrogens is 552 g/mol. The van der Waals surface area contributed by atoms with Gasteiger partial charge in [-0.15, -0.1) is 0 Å². The normalized spacial score (nSPS) is 11.7. The van der Waals surface area contributed by atoms with E-state index in [1.54, 1.807) is 12.1 Å². The molecule has 0 N–H and O–H groups in total. The fourth-order valence-corrected chi connectivity index (χ4v) is 6.49. The summed E-state index contributed by atoms with van der Waals surface area (Å²) in [5, 5.41) is 2.00. The Bertz CT molecular complexity index is 1030. The average Bonchev–Trinajstić information content (AvgIpc) is 2.94. The van der Waals surface area contributed by atoms with Gasteiger partial charge in [0.05, 0.1) is 4.90 Å². The van der Waals surface area contributed by atoms with Crippen molar-refractivity contribution < 1.29 is 64.4 Å². The van der Waals surface area contributed by atoms with E-state index >= 15 is 0 Å². The summed E-state index contributed by atoms with van der Waals surface area (Å²) in [5.41, 5.74) is 2.34. The molecule has 0 bridgehead atoms. The molecule has 5 heteroatoms. The molecule has 228 valence electrons. The maximum absolute atomic E-state index is 11.8. The van der Waals surface area contributed by atoms with Crippen LogP contribution >= 0.6 is 0 Å². The molecule has 41 heavy (non-hydrogen) atoms. The summed E-state index contributed by atoms with van der Waals surface area (Å²) in [6.07, 6.45) is 30.9. The predicted octanol–water partition coefficient (Wildman–Crippen LogP) is 8.45. The average molecular weight is 611 g/mol. The van der Waals surface area contributed by atoms with E-state index in [0.717, 1.165) is 42.0 Å². The van der Waals surface area contributed by atoms with Crippen molar-refractivity contribution in [3.63, 3.8) is 0 Å². The molecule has 2 rings (SSSR count). The van der Waals surface area contributed by atoms with Crippen LogP contribution in [0.5, 0.6) is 0 Å². The Hall–Kier alpha value is 0.246. The van der Waals surface area contributed by atoms with E-state index < -0.39 is 10.1 Å². The number of hydrogen-bond donors (Lipinski definition) is 0. The second kappa shape index (κ2) is 24.6. The van der Waals surface area contributed by atoms with Crippen molar-refractivity contribution in [1.82, 2.24) is 0 Å². The van der Waals surface area contributed by atoms with Crippen molar-refractivity contribution >= 4 is 20.9 Å². The predicted molar refractivity (Wildman–Crippen MR) is 172 cm³/mol. The molecule has 0 saturated carbocycles. The molecule has 0 aliphatic rings. The van der Waals surface area contributed by atoms with E-state index in [0.29, 0.717) is 0 Å². The Morgan fingerprint density at radius 1 is 0.537 bits per heavy atom. The summed E-state index contributed by atoms with van der Waals surface area (Å²) in [4.78, 5) is -0.0869. The van der Waals surface area contributed by atoms with Gasteiger partial charge in [0.2, 0.25) is 0 Å². The second-order valence-electron chi connectivity index (χ2n) is 12.2. The SMILES string of the molecule is CCCCCCCCCCCCCc1ccc2cc(S(=O)(=O)[O-])cc(CCCCCCCCCCCCC)c2c1.[K+]. The van der Waals surface area contributed by atoms with Crippen LogP contribution in [0.25, 0.3) is 10.8 Å². The molecule has 0 atom stereocenters. The van der Waals surface area contributed by atoms with Gasteiger partial charge in [-0.25, -0.2) is 8.42 Å². The number of aryl methyl sites for hydroxylation is 2. The van der Waals surface area contributed by atoms with Crippen LogP contribution in [-0.4, -0.2) is 13.0 Å². The fraction of sp³-hybridized carbons (Fsp3) is 0.722. The summed E-state index contributed by atoms with van der Waals surface area (Å²) in [6.45, 7) is 4.53. The van der Waals surface area contributed by atoms with Gasteiger partial charge in [0.15, 0.2) is 0 Å². The molecule has 0 spiro atoms. The molecule has 0 saturated heterocycles. The fourth-order valence-electron chi connectivity index (χ4n) is 5.93. The Morgan fingerprint density at radius 2 is 0.951 bits per heavy atom. The Labute approximate surface area is 296 Å². The third-order valence-corrected chi connectivity index (χ3v) is 9.30. The molecule has 0 aliphatic heterocycles. The maximum atomic E-state index is 11.8. The van der Waals surface area contributed by atoms with E-state index in [1.165, 1.54) is 134 Å². The largest absolute Gasteiger partial charge is 1.00 e. The van der Waals surface area contributed by atoms with Gasteiger partial charge in [-0.1, -0.05) is 160 Å². The van der Waals surface area contributed by atoms with Gasteiger partial charge in [0.1, 0.15) is 10.1 Å². The van der Waals surface area contributed by atoms with Crippen molar-refractivity contribution in [2.45, 2.75) is 173 Å². The van der Waals surface area contributed by atoms with Crippen LogP contribution in [0.15, 0.2) is 35.2 Å². The topological polar surface area (TPSA) is 57.2 Å². The molecule has 0 unspecified atom stereocenters. The van der Waals surface area contributed by atoms with E-state index in [9.17, 15) is 13.0 Å². The van der Waals surface area contributed by atoms with Crippen LogP contribution < -0.4 is 51.4 Å². The molecule has 2 aromatic rings. The monoisotopic (exact) mass is 610 g/mol. The Kier molecular flexibility index (Phi) is 23.5. The van der Waals surface area contributed by atoms with E-state index in [1.807, 2.05) is 6.07 Å². The summed E-state index contributed by atoms with van der Waals surface area (Å²) < 4.78 is 35.5. The standard InChI is InChI=1S/C36H60O3S.K/c1-3-5-7-9-11-13-15-17-19-21-23-25-32-27-28-34-31-35(40(37,38)39)30-33(36(34)29-32)26-24-22-20-18-16-14-12-10-8-6-4-2;/h27-31H,3-26H2,1-2H3,(H,37,38,39);/q;+1/p-1. The first kappa shape index (κ1) is 39.3. The molecule has 2 aromatic carbocycles. The second-order valence-corrected chi connectivity index (χ2v) is 13.5. The van der Waals surface area contributed by atoms with Crippen LogP contribution in [0.2, 0.25) is 0 Å². The molecular formula is C36H59KO3S.